The van der Waals surface area contributed by atoms with Crippen LogP contribution in [-0.2, 0) is 36.6 Å². The number of methoxy groups -OCH3 is 1. The molecule has 1 aliphatic rings. The average molecular weight is 625 g/mol. The lowest BCUT2D eigenvalue weighted by molar-refractivity contribution is -0.147. The minimum Gasteiger partial charge on any atom is -0.549 e. The summed E-state index contributed by atoms with van der Waals surface area (Å²) < 4.78 is 36.6. The molecule has 7 heteroatoms. The van der Waals surface area contributed by atoms with Gasteiger partial charge in [-0.15, -0.1) is 0 Å². The van der Waals surface area contributed by atoms with Crippen LogP contribution in [0.25, 0.3) is 0 Å². The molecular formula is C37H56O6Si. The van der Waals surface area contributed by atoms with Crippen molar-refractivity contribution in [1.82, 2.24) is 0 Å². The molecule has 2 aromatic carbocycles. The monoisotopic (exact) mass is 624 g/mol. The van der Waals surface area contributed by atoms with Crippen molar-refractivity contribution in [3.63, 3.8) is 0 Å². The number of allylic oxidation sites excluding steroid dienone is 3. The lowest BCUT2D eigenvalue weighted by Gasteiger charge is -2.35. The normalized spacial score (nSPS) is 17.6. The Balaban J connectivity index is 1.58. The van der Waals surface area contributed by atoms with Gasteiger partial charge < -0.3 is 28.1 Å². The Morgan fingerprint density at radius 3 is 2.27 bits per heavy atom. The van der Waals surface area contributed by atoms with E-state index in [1.165, 1.54) is 0 Å². The number of hydrogen-bond acceptors (Lipinski definition) is 6. The van der Waals surface area contributed by atoms with E-state index < -0.39 is 8.32 Å². The molecule has 2 aromatic rings. The van der Waals surface area contributed by atoms with Gasteiger partial charge in [0, 0.05) is 12.8 Å². The fourth-order valence-electron chi connectivity index (χ4n) is 4.68. The molecule has 0 radical (unpaired) electrons. The van der Waals surface area contributed by atoms with E-state index in [1.807, 2.05) is 60.9 Å². The smallest absolute Gasteiger partial charge is 0.249 e. The second-order valence-electron chi connectivity index (χ2n) is 14.1. The van der Waals surface area contributed by atoms with Gasteiger partial charge in [0.2, 0.25) is 8.32 Å². The van der Waals surface area contributed by atoms with Crippen molar-refractivity contribution in [3.05, 3.63) is 89.9 Å². The third-order valence-corrected chi connectivity index (χ3v) is 13.0. The Morgan fingerprint density at radius 2 is 1.61 bits per heavy atom. The van der Waals surface area contributed by atoms with Crippen LogP contribution in [0.2, 0.25) is 18.1 Å². The summed E-state index contributed by atoms with van der Waals surface area (Å²) in [5.41, 5.74) is 2.12. The highest BCUT2D eigenvalue weighted by atomic mass is 28.4. The van der Waals surface area contributed by atoms with E-state index in [0.29, 0.717) is 13.2 Å². The average Bonchev–Trinajstić information content (AvgIpc) is 2.97. The molecule has 44 heavy (non-hydrogen) atoms. The van der Waals surface area contributed by atoms with Crippen molar-refractivity contribution in [2.45, 2.75) is 117 Å². The second-order valence-corrected chi connectivity index (χ2v) is 18.8. The molecule has 3 atom stereocenters. The lowest BCUT2D eigenvalue weighted by Crippen LogP contribution is -2.39. The van der Waals surface area contributed by atoms with Gasteiger partial charge in [0.25, 0.3) is 0 Å². The highest BCUT2D eigenvalue weighted by Crippen LogP contribution is 2.38. The van der Waals surface area contributed by atoms with Gasteiger partial charge in [0.15, 0.2) is 0 Å². The van der Waals surface area contributed by atoms with Gasteiger partial charge in [0.05, 0.1) is 44.6 Å². The molecule has 0 saturated heterocycles. The van der Waals surface area contributed by atoms with Crippen molar-refractivity contribution in [1.29, 1.82) is 0 Å². The molecular weight excluding hydrogens is 568 g/mol. The van der Waals surface area contributed by atoms with E-state index in [2.05, 4.69) is 66.8 Å². The molecule has 244 valence electrons. The van der Waals surface area contributed by atoms with E-state index in [-0.39, 0.29) is 35.6 Å². The second kappa shape index (κ2) is 16.6. The van der Waals surface area contributed by atoms with Gasteiger partial charge in [-0.3, -0.25) is 0 Å². The van der Waals surface area contributed by atoms with E-state index in [1.54, 1.807) is 7.11 Å². The predicted molar refractivity (Wildman–Crippen MR) is 181 cm³/mol. The van der Waals surface area contributed by atoms with Crippen LogP contribution < -0.4 is 4.74 Å². The van der Waals surface area contributed by atoms with Crippen LogP contribution in [0.15, 0.2) is 78.8 Å². The van der Waals surface area contributed by atoms with E-state index in [4.69, 9.17) is 28.1 Å². The van der Waals surface area contributed by atoms with Crippen LogP contribution in [0.4, 0.5) is 0 Å². The van der Waals surface area contributed by atoms with Crippen LogP contribution in [0.1, 0.15) is 78.4 Å². The van der Waals surface area contributed by atoms with Crippen molar-refractivity contribution >= 4 is 8.32 Å². The van der Waals surface area contributed by atoms with Crippen LogP contribution in [0.3, 0.4) is 0 Å². The molecule has 0 N–H and O–H groups in total. The van der Waals surface area contributed by atoms with Gasteiger partial charge in [-0.25, -0.2) is 0 Å². The topological polar surface area (TPSA) is 55.4 Å². The minimum atomic E-state index is -1.84. The molecule has 0 aliphatic carbocycles. The molecule has 0 unspecified atom stereocenters. The maximum absolute atomic E-state index is 6.58. The highest BCUT2D eigenvalue weighted by Gasteiger charge is 2.38. The third kappa shape index (κ3) is 12.1. The lowest BCUT2D eigenvalue weighted by atomic mass is 9.87. The zero-order valence-corrected chi connectivity index (χ0v) is 29.6. The molecule has 0 amide bonds. The maximum Gasteiger partial charge on any atom is 0.249 e. The van der Waals surface area contributed by atoms with Crippen LogP contribution in [-0.4, -0.2) is 40.5 Å². The molecule has 0 fully saturated rings. The molecule has 0 spiro atoms. The first-order valence-corrected chi connectivity index (χ1v) is 18.9. The quantitative estimate of drug-likeness (QED) is 0.0756. The standard InChI is InChI=1S/C37H56O6Si/c1-29(41-28-39-26-30-14-11-10-12-15-30)35(40-27-31-18-20-32(38-7)21-19-31)24-33-16-13-17-34(43-33)25-37(5,6)22-23-42-44(8,9)36(2,3)4/h10-12,14-15,17-23,29,33,35H,13,16,24-28H2,1-9H3/b23-22+/t29-,33+,35-/m1/s1. The Labute approximate surface area is 267 Å². The fraction of sp³-hybridized carbons (Fsp3) is 0.568. The Morgan fingerprint density at radius 1 is 0.932 bits per heavy atom. The third-order valence-electron chi connectivity index (χ3n) is 8.66. The summed E-state index contributed by atoms with van der Waals surface area (Å²) in [7, 11) is -0.164. The van der Waals surface area contributed by atoms with Crippen molar-refractivity contribution in [3.8, 4) is 5.75 Å². The van der Waals surface area contributed by atoms with Gasteiger partial charge in [-0.1, -0.05) is 77.1 Å². The van der Waals surface area contributed by atoms with Gasteiger partial charge in [-0.05, 0) is 78.7 Å². The Kier molecular flexibility index (Phi) is 13.6. The summed E-state index contributed by atoms with van der Waals surface area (Å²) in [5.74, 6) is 1.87. The predicted octanol–water partition coefficient (Wildman–Crippen LogP) is 9.56. The van der Waals surface area contributed by atoms with Crippen LogP contribution in [0, 0.1) is 5.41 Å². The summed E-state index contributed by atoms with van der Waals surface area (Å²) >= 11 is 0. The Hall–Kier alpha value is -2.58. The molecule has 1 aliphatic heterocycles. The van der Waals surface area contributed by atoms with Gasteiger partial charge in [0.1, 0.15) is 18.6 Å². The largest absolute Gasteiger partial charge is 0.549 e. The molecule has 3 rings (SSSR count). The first-order chi connectivity index (χ1) is 20.8. The summed E-state index contributed by atoms with van der Waals surface area (Å²) in [6, 6.07) is 18.1. The SMILES string of the molecule is COc1ccc(CO[C@H](C[C@@H]2CCC=C(CC(C)(C)/C=C/O[Si](C)(C)C(C)(C)C)O2)[C@@H](C)OCOCc2ccccc2)cc1. The van der Waals surface area contributed by atoms with E-state index in [0.717, 1.165) is 48.3 Å². The zero-order valence-electron chi connectivity index (χ0n) is 28.6. The van der Waals surface area contributed by atoms with Gasteiger partial charge in [-0.2, -0.15) is 0 Å². The number of hydrogen-bond donors (Lipinski definition) is 0. The van der Waals surface area contributed by atoms with E-state index >= 15 is 0 Å². The summed E-state index contributed by atoms with van der Waals surface area (Å²) in [6.07, 6.45) is 9.57. The number of benzene rings is 2. The first-order valence-electron chi connectivity index (χ1n) is 16.0. The molecule has 0 saturated carbocycles. The van der Waals surface area contributed by atoms with Crippen molar-refractivity contribution in [2.24, 2.45) is 5.41 Å². The molecule has 1 heterocycles. The number of rotatable bonds is 17. The molecule has 6 nitrogen and oxygen atoms in total. The number of ether oxygens (including phenoxy) is 5. The first kappa shape index (κ1) is 35.9. The molecule has 0 bridgehead atoms. The van der Waals surface area contributed by atoms with Crippen LogP contribution in [0.5, 0.6) is 5.75 Å². The van der Waals surface area contributed by atoms with Crippen molar-refractivity contribution in [2.75, 3.05) is 13.9 Å². The van der Waals surface area contributed by atoms with Crippen molar-refractivity contribution < 1.29 is 28.1 Å². The summed E-state index contributed by atoms with van der Waals surface area (Å²) in [6.45, 7) is 19.0. The Bertz CT molecular complexity index is 1170. The zero-order chi connectivity index (χ0) is 32.2. The van der Waals surface area contributed by atoms with Gasteiger partial charge >= 0.3 is 0 Å². The maximum atomic E-state index is 6.58. The highest BCUT2D eigenvalue weighted by molar-refractivity contribution is 6.74. The fourth-order valence-corrected chi connectivity index (χ4v) is 5.44. The summed E-state index contributed by atoms with van der Waals surface area (Å²) in [4.78, 5) is 0. The van der Waals surface area contributed by atoms with E-state index in [9.17, 15) is 0 Å². The summed E-state index contributed by atoms with van der Waals surface area (Å²) in [5, 5.41) is 0.171. The molecule has 0 aromatic heterocycles. The van der Waals surface area contributed by atoms with Crippen LogP contribution >= 0.6 is 0 Å². The minimum absolute atomic E-state index is 0.0513.